The molecule has 3 rings (SSSR count). The van der Waals surface area contributed by atoms with E-state index in [-0.39, 0.29) is 0 Å². The zero-order chi connectivity index (χ0) is 56.6. The van der Waals surface area contributed by atoms with Crippen LogP contribution in [0.5, 0.6) is 0 Å². The van der Waals surface area contributed by atoms with Crippen molar-refractivity contribution in [1.29, 1.82) is 0 Å². The van der Waals surface area contributed by atoms with Gasteiger partial charge < -0.3 is 5.53 Å². The molecular weight excluding hydrogens is 1000 g/mol. The number of rotatable bonds is 57. The first kappa shape index (κ1) is 73.1. The summed E-state index contributed by atoms with van der Waals surface area (Å²) in [5.41, 5.74) is 19.3. The molecule has 2 aromatic carbocycles. The van der Waals surface area contributed by atoms with Crippen molar-refractivity contribution in [2.24, 2.45) is 0 Å². The van der Waals surface area contributed by atoms with Gasteiger partial charge in [-0.25, -0.2) is 4.70 Å². The fourth-order valence-corrected chi connectivity index (χ4v) is 13.0. The standard InChI is InChI=1S/C28H36N2.2C24H49.Ni/c1-4-7-12-22-14-10-17-24(19-22)27-21-26(16-9-6-3)28(30(27)29)25-18-11-15-23(20-25)13-8-5-2;2*1-3-5-7-9-11-13-15-17-19-21-23-24-22-20-18-16-14-12-10-8-6-4-2;/h10-11,14-15,17-21H,4-9,12-13,16H2,1-3H3;2*1,3-24H2,2H3;. The van der Waals surface area contributed by atoms with Crippen LogP contribution in [0.15, 0.2) is 60.2 Å². The van der Waals surface area contributed by atoms with Gasteiger partial charge in [-0.1, -0.05) is 219 Å². The molecule has 0 N–H and O–H groups in total. The summed E-state index contributed by atoms with van der Waals surface area (Å²) >= 11 is 2.05. The zero-order valence-corrected chi connectivity index (χ0v) is 54.8. The van der Waals surface area contributed by atoms with E-state index in [0.29, 0.717) is 0 Å². The molecule has 2 aromatic rings. The van der Waals surface area contributed by atoms with Gasteiger partial charge in [-0.2, -0.15) is 0 Å². The van der Waals surface area contributed by atoms with Crippen molar-refractivity contribution in [1.82, 2.24) is 0 Å². The van der Waals surface area contributed by atoms with Crippen LogP contribution in [0.4, 0.5) is 0 Å². The molecule has 0 fully saturated rings. The molecule has 0 saturated carbocycles. The quantitative estimate of drug-likeness (QED) is 0.0358. The molecule has 1 aliphatic rings. The SMILES string of the molecule is CCCCC1=C(c2cccc(CCCC)c2)[N+](=[N-])C(c2cccc(CCCC)c2)=C1.CCCCCCCCCCCCCCCCCCCCCCC[CH2][Ni][CH2]CCCCCCCCCCCCCCCCCCCCCCC. The molecule has 0 unspecified atom stereocenters. The number of unbranched alkanes of at least 4 members (excludes halogenated alkanes) is 45. The Labute approximate surface area is 501 Å². The summed E-state index contributed by atoms with van der Waals surface area (Å²) in [4.78, 5) is 0. The Hall–Kier alpha value is -1.99. The van der Waals surface area contributed by atoms with Crippen molar-refractivity contribution < 1.29 is 19.1 Å². The van der Waals surface area contributed by atoms with Crippen LogP contribution < -0.4 is 0 Å². The number of hydrogen-bond acceptors (Lipinski definition) is 0. The molecule has 0 aromatic heterocycles. The third-order valence-electron chi connectivity index (χ3n) is 17.1. The van der Waals surface area contributed by atoms with Crippen molar-refractivity contribution in [3.8, 4) is 0 Å². The van der Waals surface area contributed by atoms with Crippen LogP contribution in [0.3, 0.4) is 0 Å². The molecule has 2 nitrogen and oxygen atoms in total. The Balaban J connectivity index is 0.000000601. The molecule has 0 aliphatic carbocycles. The molecule has 0 saturated heterocycles. The van der Waals surface area contributed by atoms with Gasteiger partial charge in [0.05, 0.1) is 0 Å². The summed E-state index contributed by atoms with van der Waals surface area (Å²) in [6.07, 6.45) is 77.6. The first-order valence-corrected chi connectivity index (χ1v) is 37.1. The minimum atomic E-state index is 0.897. The molecule has 3 heteroatoms. The van der Waals surface area contributed by atoms with Gasteiger partial charge in [0.1, 0.15) is 0 Å². The molecule has 0 bridgehead atoms. The summed E-state index contributed by atoms with van der Waals surface area (Å²) in [6.45, 7) is 11.3. The van der Waals surface area contributed by atoms with Crippen molar-refractivity contribution in [3.05, 3.63) is 88.0 Å². The van der Waals surface area contributed by atoms with Crippen molar-refractivity contribution >= 4 is 11.4 Å². The van der Waals surface area contributed by atoms with E-state index in [1.807, 2.05) is 0 Å². The molecule has 1 aliphatic heterocycles. The Kier molecular flexibility index (Phi) is 52.3. The molecule has 1 heterocycles. The summed E-state index contributed by atoms with van der Waals surface area (Å²) < 4.78 is 1.43. The van der Waals surface area contributed by atoms with E-state index in [9.17, 15) is 5.53 Å². The van der Waals surface area contributed by atoms with Gasteiger partial charge in [0.2, 0.25) is 11.4 Å². The normalized spacial score (nSPS) is 12.5. The van der Waals surface area contributed by atoms with E-state index >= 15 is 0 Å². The molecule has 0 amide bonds. The molecule has 458 valence electrons. The van der Waals surface area contributed by atoms with Gasteiger partial charge in [0, 0.05) is 22.8 Å². The second kappa shape index (κ2) is 56.5. The van der Waals surface area contributed by atoms with Crippen LogP contribution >= 0.6 is 0 Å². The minimum Gasteiger partial charge on any atom is -0.0654 e. The summed E-state index contributed by atoms with van der Waals surface area (Å²) in [7, 11) is 0. The Morgan fingerprint density at radius 3 is 0.886 bits per heavy atom. The van der Waals surface area contributed by atoms with Crippen LogP contribution in [0, 0.1) is 0 Å². The van der Waals surface area contributed by atoms with Gasteiger partial charge in [0.25, 0.3) is 0 Å². The number of allylic oxidation sites excluding steroid dienone is 2. The van der Waals surface area contributed by atoms with Crippen LogP contribution in [-0.4, -0.2) is 4.70 Å². The van der Waals surface area contributed by atoms with E-state index in [0.717, 1.165) is 54.6 Å². The second-order valence-corrected chi connectivity index (χ2v) is 26.2. The summed E-state index contributed by atoms with van der Waals surface area (Å²) in [5, 5.41) is 2.87. The predicted octanol–water partition coefficient (Wildman–Crippen LogP) is 27.5. The first-order chi connectivity index (χ1) is 39.1. The Bertz CT molecular complexity index is 1660. The maximum atomic E-state index is 11.3. The molecule has 0 spiro atoms. The number of hydrogen-bond donors (Lipinski definition) is 0. The van der Waals surface area contributed by atoms with Crippen molar-refractivity contribution in [3.63, 3.8) is 0 Å². The monoisotopic (exact) mass is 1130 g/mol. The number of nitrogens with zero attached hydrogens (tertiary/aromatic N) is 2. The van der Waals surface area contributed by atoms with Crippen molar-refractivity contribution in [2.45, 2.75) is 386 Å². The second-order valence-electron chi connectivity index (χ2n) is 24.8. The Morgan fingerprint density at radius 1 is 0.304 bits per heavy atom. The van der Waals surface area contributed by atoms with E-state index in [4.69, 9.17) is 0 Å². The summed E-state index contributed by atoms with van der Waals surface area (Å²) in [5.74, 6) is 0. The van der Waals surface area contributed by atoms with Crippen LogP contribution in [0.25, 0.3) is 16.9 Å². The summed E-state index contributed by atoms with van der Waals surface area (Å²) in [6, 6.07) is 17.4. The average Bonchev–Trinajstić information content (AvgIpc) is 3.88. The minimum absolute atomic E-state index is 0.897. The topological polar surface area (TPSA) is 25.3 Å². The predicted molar refractivity (Wildman–Crippen MR) is 352 cm³/mol. The Morgan fingerprint density at radius 2 is 0.570 bits per heavy atom. The van der Waals surface area contributed by atoms with Gasteiger partial charge in [-0.3, -0.25) is 0 Å². The van der Waals surface area contributed by atoms with E-state index in [1.54, 1.807) is 0 Å². The van der Waals surface area contributed by atoms with Crippen molar-refractivity contribution in [2.75, 3.05) is 0 Å². The average molecular weight is 1130 g/mol. The molecular formula is C76H134N2Ni. The smallest absolute Gasteiger partial charge is 0.0654 e. The van der Waals surface area contributed by atoms with E-state index in [2.05, 4.69) is 104 Å². The van der Waals surface area contributed by atoms with E-state index in [1.165, 1.54) is 340 Å². The number of benzene rings is 2. The zero-order valence-electron chi connectivity index (χ0n) is 53.8. The fraction of sp³-hybridized carbons (Fsp3) is 0.789. The maximum absolute atomic E-state index is 11.3. The van der Waals surface area contributed by atoms with Crippen LogP contribution in [-0.2, 0) is 27.3 Å². The fourth-order valence-electron chi connectivity index (χ4n) is 11.8. The van der Waals surface area contributed by atoms with Gasteiger partial charge in [-0.05, 0) is 73.9 Å². The third-order valence-corrected chi connectivity index (χ3v) is 18.5. The van der Waals surface area contributed by atoms with Gasteiger partial charge in [0.15, 0.2) is 0 Å². The number of aryl methyl sites for hydroxylation is 2. The molecule has 0 radical (unpaired) electrons. The molecule has 0 atom stereocenters. The third kappa shape index (κ3) is 41.6. The van der Waals surface area contributed by atoms with E-state index < -0.39 is 0 Å². The molecule has 79 heavy (non-hydrogen) atoms. The van der Waals surface area contributed by atoms with Crippen LogP contribution in [0.1, 0.15) is 384 Å². The van der Waals surface area contributed by atoms with Gasteiger partial charge >= 0.3 is 166 Å². The first-order valence-electron chi connectivity index (χ1n) is 35.7. The van der Waals surface area contributed by atoms with Gasteiger partial charge in [-0.15, -0.1) is 0 Å². The van der Waals surface area contributed by atoms with Crippen LogP contribution in [0.2, 0.25) is 10.8 Å².